The highest BCUT2D eigenvalue weighted by Crippen LogP contribution is 2.35. The Morgan fingerprint density at radius 2 is 2.00 bits per heavy atom. The van der Waals surface area contributed by atoms with Gasteiger partial charge in [-0.3, -0.25) is 9.59 Å². The largest absolute Gasteiger partial charge is 0.388 e. The van der Waals surface area contributed by atoms with E-state index in [1.54, 1.807) is 12.1 Å². The van der Waals surface area contributed by atoms with Crippen molar-refractivity contribution in [2.24, 2.45) is 11.8 Å². The molecule has 1 aliphatic carbocycles. The van der Waals surface area contributed by atoms with Gasteiger partial charge >= 0.3 is 0 Å². The minimum Gasteiger partial charge on any atom is -0.388 e. The number of carbonyl (C=O) groups is 2. The smallest absolute Gasteiger partial charge is 0.224 e. The van der Waals surface area contributed by atoms with Gasteiger partial charge in [0.2, 0.25) is 11.8 Å². The molecule has 1 saturated carbocycles. The molecule has 1 heterocycles. The van der Waals surface area contributed by atoms with Crippen LogP contribution in [0.15, 0.2) is 24.3 Å². The first-order valence-electron chi connectivity index (χ1n) is 9.47. The predicted molar refractivity (Wildman–Crippen MR) is 95.6 cm³/mol. The Morgan fingerprint density at radius 3 is 2.73 bits per heavy atom. The summed E-state index contributed by atoms with van der Waals surface area (Å²) in [5, 5.41) is 16.3. The molecular formula is C20H27FN2O3. The number of fused-ring (bicyclic) bond motifs is 1. The lowest BCUT2D eigenvalue weighted by Gasteiger charge is -2.41. The predicted octanol–water partition coefficient (Wildman–Crippen LogP) is 2.45. The van der Waals surface area contributed by atoms with Crippen LogP contribution in [0.1, 0.15) is 57.1 Å². The van der Waals surface area contributed by atoms with Crippen molar-refractivity contribution in [2.75, 3.05) is 0 Å². The fourth-order valence-electron chi connectivity index (χ4n) is 4.29. The molecule has 5 atom stereocenters. The average molecular weight is 362 g/mol. The zero-order chi connectivity index (χ0) is 18.7. The zero-order valence-corrected chi connectivity index (χ0v) is 15.1. The van der Waals surface area contributed by atoms with Crippen LogP contribution in [0.4, 0.5) is 4.39 Å². The molecule has 0 radical (unpaired) electrons. The van der Waals surface area contributed by atoms with Crippen LogP contribution in [-0.4, -0.2) is 29.0 Å². The normalized spacial score (nSPS) is 27.8. The number of halogens is 1. The molecule has 5 unspecified atom stereocenters. The SMILES string of the molecule is CC(CC(O)c1ccc(F)cc1)NC(=O)C1CC(=O)NC2CCCCC21. The third-order valence-corrected chi connectivity index (χ3v) is 5.64. The number of aliphatic hydroxyl groups is 1. The fraction of sp³-hybridized carbons (Fsp3) is 0.600. The molecule has 1 aliphatic heterocycles. The summed E-state index contributed by atoms with van der Waals surface area (Å²) in [5.74, 6) is -0.585. The zero-order valence-electron chi connectivity index (χ0n) is 15.1. The van der Waals surface area contributed by atoms with Gasteiger partial charge in [0.1, 0.15) is 5.82 Å². The first-order valence-corrected chi connectivity index (χ1v) is 9.47. The van der Waals surface area contributed by atoms with Crippen LogP contribution in [0.3, 0.4) is 0 Å². The van der Waals surface area contributed by atoms with Gasteiger partial charge in [-0.25, -0.2) is 4.39 Å². The van der Waals surface area contributed by atoms with Gasteiger partial charge in [0, 0.05) is 18.5 Å². The van der Waals surface area contributed by atoms with Crippen molar-refractivity contribution in [2.45, 2.75) is 63.6 Å². The Bertz CT molecular complexity index is 649. The Labute approximate surface area is 153 Å². The summed E-state index contributed by atoms with van der Waals surface area (Å²) >= 11 is 0. The van der Waals surface area contributed by atoms with E-state index in [2.05, 4.69) is 10.6 Å². The maximum Gasteiger partial charge on any atom is 0.224 e. The van der Waals surface area contributed by atoms with Gasteiger partial charge in [0.15, 0.2) is 0 Å². The number of carbonyl (C=O) groups excluding carboxylic acids is 2. The summed E-state index contributed by atoms with van der Waals surface area (Å²) < 4.78 is 13.0. The van der Waals surface area contributed by atoms with E-state index in [9.17, 15) is 19.1 Å². The van der Waals surface area contributed by atoms with Gasteiger partial charge in [-0.15, -0.1) is 0 Å². The molecule has 2 aliphatic rings. The van der Waals surface area contributed by atoms with Crippen molar-refractivity contribution in [1.82, 2.24) is 10.6 Å². The van der Waals surface area contributed by atoms with Crippen LogP contribution >= 0.6 is 0 Å². The van der Waals surface area contributed by atoms with E-state index < -0.39 is 6.10 Å². The molecule has 0 spiro atoms. The number of rotatable bonds is 5. The van der Waals surface area contributed by atoms with Gasteiger partial charge < -0.3 is 15.7 Å². The summed E-state index contributed by atoms with van der Waals surface area (Å²) in [7, 11) is 0. The first kappa shape index (κ1) is 18.8. The molecule has 0 aromatic heterocycles. The van der Waals surface area contributed by atoms with E-state index in [0.29, 0.717) is 12.0 Å². The molecule has 3 N–H and O–H groups in total. The number of hydrogen-bond donors (Lipinski definition) is 3. The second-order valence-corrected chi connectivity index (χ2v) is 7.65. The van der Waals surface area contributed by atoms with Crippen LogP contribution in [0, 0.1) is 17.7 Å². The van der Waals surface area contributed by atoms with Crippen LogP contribution < -0.4 is 10.6 Å². The topological polar surface area (TPSA) is 78.4 Å². The lowest BCUT2D eigenvalue weighted by molar-refractivity contribution is -0.137. The van der Waals surface area contributed by atoms with Crippen molar-refractivity contribution in [1.29, 1.82) is 0 Å². The fourth-order valence-corrected chi connectivity index (χ4v) is 4.29. The molecule has 142 valence electrons. The van der Waals surface area contributed by atoms with Crippen molar-refractivity contribution in [3.05, 3.63) is 35.6 Å². The van der Waals surface area contributed by atoms with Crippen molar-refractivity contribution >= 4 is 11.8 Å². The number of piperidine rings is 1. The number of aliphatic hydroxyl groups excluding tert-OH is 1. The van der Waals surface area contributed by atoms with Crippen molar-refractivity contribution < 1.29 is 19.1 Å². The minimum absolute atomic E-state index is 0.0488. The Hall–Kier alpha value is -1.95. The summed E-state index contributed by atoms with van der Waals surface area (Å²) in [6.45, 7) is 1.84. The van der Waals surface area contributed by atoms with E-state index in [1.165, 1.54) is 12.1 Å². The quantitative estimate of drug-likeness (QED) is 0.753. The average Bonchev–Trinajstić information content (AvgIpc) is 2.61. The van der Waals surface area contributed by atoms with Crippen LogP contribution in [0.2, 0.25) is 0 Å². The Kier molecular flexibility index (Phi) is 5.91. The summed E-state index contributed by atoms with van der Waals surface area (Å²) in [4.78, 5) is 24.7. The highest BCUT2D eigenvalue weighted by molar-refractivity contribution is 5.87. The second kappa shape index (κ2) is 8.16. The van der Waals surface area contributed by atoms with Gasteiger partial charge in [-0.1, -0.05) is 25.0 Å². The molecule has 0 bridgehead atoms. The molecule has 26 heavy (non-hydrogen) atoms. The van der Waals surface area contributed by atoms with Crippen molar-refractivity contribution in [3.63, 3.8) is 0 Å². The minimum atomic E-state index is -0.775. The van der Waals surface area contributed by atoms with E-state index >= 15 is 0 Å². The monoisotopic (exact) mass is 362 g/mol. The second-order valence-electron chi connectivity index (χ2n) is 7.65. The molecule has 1 aromatic rings. The Balaban J connectivity index is 1.57. The van der Waals surface area contributed by atoms with Crippen molar-refractivity contribution in [3.8, 4) is 0 Å². The third kappa shape index (κ3) is 4.41. The van der Waals surface area contributed by atoms with E-state index in [4.69, 9.17) is 0 Å². The van der Waals surface area contributed by atoms with E-state index in [-0.39, 0.29) is 48.0 Å². The molecule has 5 nitrogen and oxygen atoms in total. The molecule has 2 amide bonds. The van der Waals surface area contributed by atoms with Crippen LogP contribution in [-0.2, 0) is 9.59 Å². The standard InChI is InChI=1S/C20H27FN2O3/c1-12(10-18(24)13-6-8-14(21)9-7-13)22-20(26)16-11-19(25)23-17-5-3-2-4-15(16)17/h6-9,12,15-18,24H,2-5,10-11H2,1H3,(H,22,26)(H,23,25). The van der Waals surface area contributed by atoms with E-state index in [0.717, 1.165) is 25.7 Å². The molecule has 1 aromatic carbocycles. The van der Waals surface area contributed by atoms with Crippen LogP contribution in [0.25, 0.3) is 0 Å². The summed E-state index contributed by atoms with van der Waals surface area (Å²) in [5.41, 5.74) is 0.622. The summed E-state index contributed by atoms with van der Waals surface area (Å²) in [6.07, 6.45) is 3.90. The van der Waals surface area contributed by atoms with Gasteiger partial charge in [-0.05, 0) is 49.8 Å². The van der Waals surface area contributed by atoms with Gasteiger partial charge in [-0.2, -0.15) is 0 Å². The molecule has 6 heteroatoms. The molecule has 2 fully saturated rings. The third-order valence-electron chi connectivity index (χ3n) is 5.64. The Morgan fingerprint density at radius 1 is 1.31 bits per heavy atom. The molecular weight excluding hydrogens is 335 g/mol. The molecule has 3 rings (SSSR count). The lowest BCUT2D eigenvalue weighted by atomic mass is 9.72. The lowest BCUT2D eigenvalue weighted by Crippen LogP contribution is -2.55. The molecule has 1 saturated heterocycles. The number of amides is 2. The highest BCUT2D eigenvalue weighted by Gasteiger charge is 2.41. The van der Waals surface area contributed by atoms with E-state index in [1.807, 2.05) is 6.92 Å². The number of benzene rings is 1. The summed E-state index contributed by atoms with van der Waals surface area (Å²) in [6, 6.07) is 5.59. The maximum absolute atomic E-state index is 13.0. The van der Waals surface area contributed by atoms with Gasteiger partial charge in [0.25, 0.3) is 0 Å². The number of nitrogens with one attached hydrogen (secondary N) is 2. The maximum atomic E-state index is 13.0. The van der Waals surface area contributed by atoms with Crippen LogP contribution in [0.5, 0.6) is 0 Å². The van der Waals surface area contributed by atoms with Gasteiger partial charge in [0.05, 0.1) is 12.0 Å². The highest BCUT2D eigenvalue weighted by atomic mass is 19.1. The number of hydrogen-bond acceptors (Lipinski definition) is 3. The first-order chi connectivity index (χ1) is 12.4.